The number of carboxylic acid groups (broad SMARTS) is 1. The van der Waals surface area contributed by atoms with Crippen molar-refractivity contribution in [3.8, 4) is 0 Å². The van der Waals surface area contributed by atoms with Crippen LogP contribution in [0.4, 0.5) is 0 Å². The summed E-state index contributed by atoms with van der Waals surface area (Å²) in [7, 11) is 0. The Morgan fingerprint density at radius 1 is 1.19 bits per heavy atom. The molecule has 0 spiro atoms. The van der Waals surface area contributed by atoms with Crippen molar-refractivity contribution >= 4 is 54.3 Å². The van der Waals surface area contributed by atoms with Crippen LogP contribution in [0.15, 0.2) is 36.4 Å². The van der Waals surface area contributed by atoms with Crippen molar-refractivity contribution in [1.82, 2.24) is 4.90 Å². The minimum absolute atomic E-state index is 0.0151. The highest BCUT2D eigenvalue weighted by atomic mass is 79.9. The lowest BCUT2D eigenvalue weighted by Gasteiger charge is -2.27. The van der Waals surface area contributed by atoms with Gasteiger partial charge in [0, 0.05) is 0 Å². The lowest BCUT2D eigenvalue weighted by molar-refractivity contribution is -0.138. The largest absolute Gasteiger partial charge is 0.480 e. The number of carbonyl (C=O) groups is 1. The van der Waals surface area contributed by atoms with Crippen molar-refractivity contribution in [2.75, 3.05) is 0 Å². The Hall–Kier alpha value is -1.86. The van der Waals surface area contributed by atoms with Crippen molar-refractivity contribution in [2.45, 2.75) is 44.9 Å². The fourth-order valence-corrected chi connectivity index (χ4v) is 4.02. The maximum absolute atomic E-state index is 11.4. The number of fused-ring (bicyclic) bond motifs is 1. The molecule has 0 saturated heterocycles. The van der Waals surface area contributed by atoms with Gasteiger partial charge in [0.15, 0.2) is 9.91 Å². The molecule has 0 radical (unpaired) electrons. The molecule has 0 bridgehead atoms. The van der Waals surface area contributed by atoms with Crippen molar-refractivity contribution in [1.29, 1.82) is 10.8 Å². The van der Waals surface area contributed by atoms with Gasteiger partial charge in [0.05, 0.1) is 6.54 Å². The SMILES string of the molecule is CC(C)c1ccc(CN(C(=N)Br)C(=N)SC(C)(C)C(=O)O)c2ccccc12. The summed E-state index contributed by atoms with van der Waals surface area (Å²) in [5.74, 6) is -0.607. The summed E-state index contributed by atoms with van der Waals surface area (Å²) in [5.41, 5.74) is 2.24. The van der Waals surface area contributed by atoms with Crippen LogP contribution in [0, 0.1) is 10.8 Å². The summed E-state index contributed by atoms with van der Waals surface area (Å²) >= 11 is 4.07. The van der Waals surface area contributed by atoms with Gasteiger partial charge in [-0.2, -0.15) is 0 Å². The zero-order valence-corrected chi connectivity index (χ0v) is 18.2. The average molecular weight is 450 g/mol. The van der Waals surface area contributed by atoms with Crippen LogP contribution in [-0.4, -0.2) is 30.6 Å². The highest BCUT2D eigenvalue weighted by Gasteiger charge is 2.32. The zero-order valence-electron chi connectivity index (χ0n) is 15.8. The molecular weight excluding hydrogens is 426 g/mol. The maximum atomic E-state index is 11.4. The molecule has 0 unspecified atom stereocenters. The van der Waals surface area contributed by atoms with E-state index in [-0.39, 0.29) is 9.91 Å². The number of thioether (sulfide) groups is 1. The number of carboxylic acids is 1. The van der Waals surface area contributed by atoms with Gasteiger partial charge in [-0.1, -0.05) is 62.0 Å². The summed E-state index contributed by atoms with van der Waals surface area (Å²) in [6.07, 6.45) is 0. The number of hydrogen-bond donors (Lipinski definition) is 3. The molecule has 0 fully saturated rings. The van der Waals surface area contributed by atoms with Crippen LogP contribution in [0.2, 0.25) is 0 Å². The second kappa shape index (κ2) is 8.44. The molecule has 0 aliphatic rings. The fourth-order valence-electron chi connectivity index (χ4n) is 2.77. The fraction of sp³-hybridized carbons (Fsp3) is 0.350. The van der Waals surface area contributed by atoms with Crippen LogP contribution >= 0.6 is 27.7 Å². The third-order valence-corrected chi connectivity index (χ3v) is 5.87. The van der Waals surface area contributed by atoms with Crippen LogP contribution in [-0.2, 0) is 11.3 Å². The molecule has 2 aromatic rings. The minimum atomic E-state index is -1.15. The first-order valence-electron chi connectivity index (χ1n) is 8.57. The Balaban J connectivity index is 2.40. The first-order chi connectivity index (χ1) is 12.5. The third kappa shape index (κ3) is 4.90. The molecule has 5 nitrogen and oxygen atoms in total. The molecule has 7 heteroatoms. The highest BCUT2D eigenvalue weighted by Crippen LogP contribution is 2.31. The number of aliphatic carboxylic acids is 1. The number of hydrogen-bond acceptors (Lipinski definition) is 4. The lowest BCUT2D eigenvalue weighted by Crippen LogP contribution is -2.36. The van der Waals surface area contributed by atoms with Crippen molar-refractivity contribution in [3.63, 3.8) is 0 Å². The van der Waals surface area contributed by atoms with Crippen LogP contribution in [0.25, 0.3) is 10.8 Å². The molecule has 0 aliphatic carbocycles. The van der Waals surface area contributed by atoms with E-state index in [1.165, 1.54) is 10.5 Å². The van der Waals surface area contributed by atoms with Gasteiger partial charge < -0.3 is 5.11 Å². The van der Waals surface area contributed by atoms with Crippen LogP contribution < -0.4 is 0 Å². The van der Waals surface area contributed by atoms with E-state index in [1.54, 1.807) is 13.8 Å². The summed E-state index contributed by atoms with van der Waals surface area (Å²) in [5, 5.41) is 27.9. The normalized spacial score (nSPS) is 11.6. The predicted molar refractivity (Wildman–Crippen MR) is 117 cm³/mol. The average Bonchev–Trinajstić information content (AvgIpc) is 2.58. The highest BCUT2D eigenvalue weighted by molar-refractivity contribution is 9.18. The van der Waals surface area contributed by atoms with Gasteiger partial charge in [0.2, 0.25) is 0 Å². The van der Waals surface area contributed by atoms with E-state index < -0.39 is 10.7 Å². The van der Waals surface area contributed by atoms with Crippen molar-refractivity contribution < 1.29 is 9.90 Å². The Labute approximate surface area is 172 Å². The maximum Gasteiger partial charge on any atom is 0.319 e. The van der Waals surface area contributed by atoms with Gasteiger partial charge in [0.25, 0.3) is 0 Å². The Morgan fingerprint density at radius 2 is 1.78 bits per heavy atom. The number of nitrogens with one attached hydrogen (secondary N) is 2. The number of rotatable bonds is 5. The molecule has 0 aromatic heterocycles. The summed E-state index contributed by atoms with van der Waals surface area (Å²) in [6.45, 7) is 7.73. The smallest absolute Gasteiger partial charge is 0.319 e. The molecule has 0 aliphatic heterocycles. The summed E-state index contributed by atoms with van der Waals surface area (Å²) in [4.78, 5) is 12.8. The predicted octanol–water partition coefficient (Wildman–Crippen LogP) is 5.63. The molecule has 2 aromatic carbocycles. The first-order valence-corrected chi connectivity index (χ1v) is 10.2. The van der Waals surface area contributed by atoms with Gasteiger partial charge in [-0.3, -0.25) is 20.5 Å². The van der Waals surface area contributed by atoms with E-state index in [9.17, 15) is 9.90 Å². The van der Waals surface area contributed by atoms with Crippen LogP contribution in [0.1, 0.15) is 44.7 Å². The topological polar surface area (TPSA) is 88.2 Å². The second-order valence-corrected chi connectivity index (χ2v) is 9.48. The van der Waals surface area contributed by atoms with Gasteiger partial charge in [-0.05, 0) is 57.6 Å². The van der Waals surface area contributed by atoms with E-state index in [0.29, 0.717) is 12.5 Å². The molecule has 0 atom stereocenters. The Bertz CT molecular complexity index is 896. The molecule has 2 rings (SSSR count). The Kier molecular flexibility index (Phi) is 6.70. The zero-order chi connectivity index (χ0) is 20.4. The van der Waals surface area contributed by atoms with Crippen molar-refractivity contribution in [2.24, 2.45) is 0 Å². The van der Waals surface area contributed by atoms with Crippen molar-refractivity contribution in [3.05, 3.63) is 47.5 Å². The molecule has 0 saturated carbocycles. The van der Waals surface area contributed by atoms with E-state index in [2.05, 4.69) is 41.9 Å². The van der Waals surface area contributed by atoms with E-state index in [0.717, 1.165) is 28.1 Å². The van der Waals surface area contributed by atoms with E-state index in [4.69, 9.17) is 10.8 Å². The summed E-state index contributed by atoms with van der Waals surface area (Å²) in [6, 6.07) is 12.2. The van der Waals surface area contributed by atoms with E-state index in [1.807, 2.05) is 24.3 Å². The van der Waals surface area contributed by atoms with E-state index >= 15 is 0 Å². The number of halogens is 1. The second-order valence-electron chi connectivity index (χ2n) is 7.11. The molecule has 3 N–H and O–H groups in total. The summed E-state index contributed by atoms with van der Waals surface area (Å²) < 4.78 is -1.13. The first kappa shape index (κ1) is 21.4. The third-order valence-electron chi connectivity index (χ3n) is 4.35. The van der Waals surface area contributed by atoms with Gasteiger partial charge in [-0.15, -0.1) is 0 Å². The van der Waals surface area contributed by atoms with Gasteiger partial charge in [0.1, 0.15) is 4.75 Å². The minimum Gasteiger partial charge on any atom is -0.480 e. The standard InChI is InChI=1S/C20H24BrN3O2S/c1-12(2)14-10-9-13(15-7-5-6-8-16(14)15)11-24(18(21)22)19(23)27-20(3,4)17(25)26/h5-10,12,22-23H,11H2,1-4H3,(H,25,26). The van der Waals surface area contributed by atoms with Crippen LogP contribution in [0.3, 0.4) is 0 Å². The Morgan fingerprint density at radius 3 is 2.30 bits per heavy atom. The van der Waals surface area contributed by atoms with Gasteiger partial charge in [-0.25, -0.2) is 0 Å². The van der Waals surface area contributed by atoms with Gasteiger partial charge >= 0.3 is 5.97 Å². The number of amidine groups is 2. The quantitative estimate of drug-likeness (QED) is 0.313. The molecular formula is C20H24BrN3O2S. The number of nitrogens with zero attached hydrogens (tertiary/aromatic N) is 1. The lowest BCUT2D eigenvalue weighted by atomic mass is 9.93. The molecule has 27 heavy (non-hydrogen) atoms. The number of benzene rings is 2. The molecule has 0 heterocycles. The van der Waals surface area contributed by atoms with Crippen LogP contribution in [0.5, 0.6) is 0 Å². The monoisotopic (exact) mass is 449 g/mol. The molecule has 0 amide bonds. The molecule has 144 valence electrons.